The molecule has 120 valence electrons. The van der Waals surface area contributed by atoms with E-state index in [2.05, 4.69) is 10.6 Å². The maximum Gasteiger partial charge on any atom is 0.251 e. The van der Waals surface area contributed by atoms with Crippen LogP contribution in [0.1, 0.15) is 15.9 Å². The quantitative estimate of drug-likeness (QED) is 0.786. The molecule has 0 fully saturated rings. The molecule has 4 nitrogen and oxygen atoms in total. The first-order chi connectivity index (χ1) is 11.0. The molecule has 0 unspecified atom stereocenters. The van der Waals surface area contributed by atoms with Gasteiger partial charge < -0.3 is 10.6 Å². The van der Waals surface area contributed by atoms with E-state index < -0.39 is 0 Å². The van der Waals surface area contributed by atoms with E-state index in [1.165, 1.54) is 0 Å². The molecule has 2 aromatic carbocycles. The molecule has 0 spiro atoms. The molecule has 0 aromatic heterocycles. The molecule has 0 saturated heterocycles. The molecule has 0 aliphatic carbocycles. The van der Waals surface area contributed by atoms with Crippen molar-refractivity contribution in [2.24, 2.45) is 0 Å². The molecule has 6 heteroatoms. The average molecular weight is 351 g/mol. The van der Waals surface area contributed by atoms with Crippen LogP contribution in [-0.4, -0.2) is 24.9 Å². The van der Waals surface area contributed by atoms with Gasteiger partial charge in [0.2, 0.25) is 5.91 Å². The molecular weight excluding hydrogens is 335 g/mol. The topological polar surface area (TPSA) is 58.2 Å². The lowest BCUT2D eigenvalue weighted by Gasteiger charge is -2.07. The maximum absolute atomic E-state index is 11.8. The highest BCUT2D eigenvalue weighted by atomic mass is 35.5. The van der Waals surface area contributed by atoms with E-state index in [1.54, 1.807) is 42.5 Å². The Morgan fingerprint density at radius 2 is 1.57 bits per heavy atom. The van der Waals surface area contributed by atoms with Crippen LogP contribution in [-0.2, 0) is 11.2 Å². The molecule has 2 aromatic rings. The standard InChI is InChI=1S/C17H16Cl2N2O2/c18-14-6-4-13(5-7-14)17(23)21-9-8-20-16(22)11-12-2-1-3-15(19)10-12/h1-7,10H,8-9,11H2,(H,20,22)(H,21,23). The van der Waals surface area contributed by atoms with Gasteiger partial charge in [0.05, 0.1) is 6.42 Å². The third-order valence-corrected chi connectivity index (χ3v) is 3.58. The zero-order chi connectivity index (χ0) is 16.7. The van der Waals surface area contributed by atoms with Gasteiger partial charge in [-0.2, -0.15) is 0 Å². The predicted molar refractivity (Wildman–Crippen MR) is 92.0 cm³/mol. The first-order valence-corrected chi connectivity index (χ1v) is 7.85. The van der Waals surface area contributed by atoms with Crippen LogP contribution in [0.3, 0.4) is 0 Å². The first kappa shape index (κ1) is 17.3. The van der Waals surface area contributed by atoms with Crippen molar-refractivity contribution >= 4 is 35.0 Å². The summed E-state index contributed by atoms with van der Waals surface area (Å²) in [6, 6.07) is 13.8. The van der Waals surface area contributed by atoms with E-state index >= 15 is 0 Å². The lowest BCUT2D eigenvalue weighted by molar-refractivity contribution is -0.120. The van der Waals surface area contributed by atoms with Gasteiger partial charge in [-0.25, -0.2) is 0 Å². The number of halogens is 2. The summed E-state index contributed by atoms with van der Waals surface area (Å²) < 4.78 is 0. The van der Waals surface area contributed by atoms with E-state index in [9.17, 15) is 9.59 Å². The molecule has 0 bridgehead atoms. The van der Waals surface area contributed by atoms with Crippen molar-refractivity contribution in [1.82, 2.24) is 10.6 Å². The Hall–Kier alpha value is -2.04. The normalized spacial score (nSPS) is 10.2. The van der Waals surface area contributed by atoms with E-state index in [4.69, 9.17) is 23.2 Å². The Morgan fingerprint density at radius 1 is 0.870 bits per heavy atom. The van der Waals surface area contributed by atoms with Crippen LogP contribution in [0.4, 0.5) is 0 Å². The number of benzene rings is 2. The van der Waals surface area contributed by atoms with Crippen LogP contribution in [0.25, 0.3) is 0 Å². The fourth-order valence-corrected chi connectivity index (χ4v) is 2.31. The second kappa shape index (κ2) is 8.56. The second-order valence-corrected chi connectivity index (χ2v) is 5.79. The van der Waals surface area contributed by atoms with Gasteiger partial charge in [0, 0.05) is 28.7 Å². The molecule has 2 N–H and O–H groups in total. The Balaban J connectivity index is 1.69. The number of carbonyl (C=O) groups excluding carboxylic acids is 2. The van der Waals surface area contributed by atoms with E-state index in [0.717, 1.165) is 5.56 Å². The van der Waals surface area contributed by atoms with Crippen LogP contribution in [0.15, 0.2) is 48.5 Å². The SMILES string of the molecule is O=C(Cc1cccc(Cl)c1)NCCNC(=O)c1ccc(Cl)cc1. The highest BCUT2D eigenvalue weighted by Gasteiger charge is 2.06. The summed E-state index contributed by atoms with van der Waals surface area (Å²) in [4.78, 5) is 23.6. The highest BCUT2D eigenvalue weighted by Crippen LogP contribution is 2.11. The van der Waals surface area contributed by atoms with E-state index in [0.29, 0.717) is 28.7 Å². The van der Waals surface area contributed by atoms with Gasteiger partial charge in [0.1, 0.15) is 0 Å². The molecule has 0 aliphatic rings. The third kappa shape index (κ3) is 5.93. The molecule has 0 atom stereocenters. The minimum absolute atomic E-state index is 0.118. The van der Waals surface area contributed by atoms with Crippen LogP contribution in [0, 0.1) is 0 Å². The molecule has 0 heterocycles. The number of amides is 2. The van der Waals surface area contributed by atoms with Gasteiger partial charge in [0.15, 0.2) is 0 Å². The Kier molecular flexibility index (Phi) is 6.44. The zero-order valence-electron chi connectivity index (χ0n) is 12.3. The Morgan fingerprint density at radius 3 is 2.26 bits per heavy atom. The lowest BCUT2D eigenvalue weighted by Crippen LogP contribution is -2.35. The van der Waals surface area contributed by atoms with E-state index in [-0.39, 0.29) is 18.2 Å². The van der Waals surface area contributed by atoms with Gasteiger partial charge in [0.25, 0.3) is 5.91 Å². The van der Waals surface area contributed by atoms with Crippen LogP contribution in [0.2, 0.25) is 10.0 Å². The summed E-state index contributed by atoms with van der Waals surface area (Å²) in [5.41, 5.74) is 1.37. The fraction of sp³-hybridized carbons (Fsp3) is 0.176. The minimum Gasteiger partial charge on any atom is -0.354 e. The molecule has 23 heavy (non-hydrogen) atoms. The van der Waals surface area contributed by atoms with Crippen molar-refractivity contribution in [3.8, 4) is 0 Å². The van der Waals surface area contributed by atoms with Gasteiger partial charge >= 0.3 is 0 Å². The molecule has 2 amide bonds. The van der Waals surface area contributed by atoms with Crippen molar-refractivity contribution in [3.05, 3.63) is 69.7 Å². The van der Waals surface area contributed by atoms with Gasteiger partial charge in [-0.1, -0.05) is 35.3 Å². The van der Waals surface area contributed by atoms with Gasteiger partial charge in [-0.05, 0) is 42.0 Å². The predicted octanol–water partition coefficient (Wildman–Crippen LogP) is 3.08. The number of hydrogen-bond donors (Lipinski definition) is 2. The zero-order valence-corrected chi connectivity index (χ0v) is 13.8. The molecule has 0 aliphatic heterocycles. The average Bonchev–Trinajstić information content (AvgIpc) is 2.52. The van der Waals surface area contributed by atoms with Gasteiger partial charge in [-0.15, -0.1) is 0 Å². The number of hydrogen-bond acceptors (Lipinski definition) is 2. The second-order valence-electron chi connectivity index (χ2n) is 4.92. The smallest absolute Gasteiger partial charge is 0.251 e. The largest absolute Gasteiger partial charge is 0.354 e. The number of nitrogens with one attached hydrogen (secondary N) is 2. The van der Waals surface area contributed by atoms with Crippen molar-refractivity contribution in [2.45, 2.75) is 6.42 Å². The lowest BCUT2D eigenvalue weighted by atomic mass is 10.1. The van der Waals surface area contributed by atoms with Crippen LogP contribution >= 0.6 is 23.2 Å². The van der Waals surface area contributed by atoms with Gasteiger partial charge in [-0.3, -0.25) is 9.59 Å². The summed E-state index contributed by atoms with van der Waals surface area (Å²) >= 11 is 11.6. The summed E-state index contributed by atoms with van der Waals surface area (Å²) in [5, 5.41) is 6.66. The van der Waals surface area contributed by atoms with Crippen molar-refractivity contribution in [1.29, 1.82) is 0 Å². The Bertz CT molecular complexity index is 687. The fourth-order valence-electron chi connectivity index (χ4n) is 1.98. The third-order valence-electron chi connectivity index (χ3n) is 3.09. The molecular formula is C17H16Cl2N2O2. The van der Waals surface area contributed by atoms with Crippen molar-refractivity contribution < 1.29 is 9.59 Å². The monoisotopic (exact) mass is 350 g/mol. The van der Waals surface area contributed by atoms with Crippen molar-refractivity contribution in [2.75, 3.05) is 13.1 Å². The highest BCUT2D eigenvalue weighted by molar-refractivity contribution is 6.30. The van der Waals surface area contributed by atoms with Crippen molar-refractivity contribution in [3.63, 3.8) is 0 Å². The van der Waals surface area contributed by atoms with Crippen LogP contribution < -0.4 is 10.6 Å². The number of carbonyl (C=O) groups is 2. The maximum atomic E-state index is 11.8. The molecule has 2 rings (SSSR count). The minimum atomic E-state index is -0.203. The molecule has 0 radical (unpaired) electrons. The summed E-state index contributed by atoms with van der Waals surface area (Å²) in [7, 11) is 0. The first-order valence-electron chi connectivity index (χ1n) is 7.09. The summed E-state index contributed by atoms with van der Waals surface area (Å²) in [6.07, 6.45) is 0.256. The molecule has 0 saturated carbocycles. The summed E-state index contributed by atoms with van der Waals surface area (Å²) in [6.45, 7) is 0.710. The summed E-state index contributed by atoms with van der Waals surface area (Å²) in [5.74, 6) is -0.321. The Labute approximate surface area is 144 Å². The number of rotatable bonds is 6. The van der Waals surface area contributed by atoms with Crippen LogP contribution in [0.5, 0.6) is 0 Å². The van der Waals surface area contributed by atoms with E-state index in [1.807, 2.05) is 6.07 Å².